The summed E-state index contributed by atoms with van der Waals surface area (Å²) in [5, 5.41) is 5.13. The quantitative estimate of drug-likeness (QED) is 0.798. The fourth-order valence-electron chi connectivity index (χ4n) is 2.73. The van der Waals surface area contributed by atoms with Gasteiger partial charge in [0.15, 0.2) is 0 Å². The predicted octanol–water partition coefficient (Wildman–Crippen LogP) is 2.71. The van der Waals surface area contributed by atoms with Crippen LogP contribution in [0.4, 0.5) is 0 Å². The third kappa shape index (κ3) is 2.29. The van der Waals surface area contributed by atoms with Gasteiger partial charge < -0.3 is 10.3 Å². The molecule has 0 aliphatic heterocycles. The van der Waals surface area contributed by atoms with E-state index >= 15 is 0 Å². The summed E-state index contributed by atoms with van der Waals surface area (Å²) in [5.41, 5.74) is 7.71. The Bertz CT molecular complexity index is 792. The number of nitrogens with zero attached hydrogens (tertiary/aromatic N) is 3. The van der Waals surface area contributed by atoms with Crippen molar-refractivity contribution in [3.8, 4) is 11.5 Å². The number of fused-ring (bicyclic) bond motifs is 1. The SMILES string of the molecule is NC1(Cc2nc(-c3ccc4ccccc4n3)no2)CCC1. The zero-order valence-electron chi connectivity index (χ0n) is 11.6. The maximum absolute atomic E-state index is 6.21. The molecule has 0 bridgehead atoms. The first-order chi connectivity index (χ1) is 10.2. The van der Waals surface area contributed by atoms with E-state index in [0.717, 1.165) is 29.4 Å². The molecule has 1 aliphatic rings. The normalized spacial score (nSPS) is 16.8. The Morgan fingerprint density at radius 3 is 2.76 bits per heavy atom. The molecule has 2 aromatic heterocycles. The molecule has 0 amide bonds. The van der Waals surface area contributed by atoms with Crippen molar-refractivity contribution >= 4 is 10.9 Å². The minimum atomic E-state index is -0.152. The molecule has 2 heterocycles. The third-order valence-corrected chi connectivity index (χ3v) is 4.15. The van der Waals surface area contributed by atoms with Crippen molar-refractivity contribution in [1.29, 1.82) is 0 Å². The van der Waals surface area contributed by atoms with Gasteiger partial charge in [-0.1, -0.05) is 29.4 Å². The average Bonchev–Trinajstić information content (AvgIpc) is 2.93. The predicted molar refractivity (Wildman–Crippen MR) is 79.5 cm³/mol. The molecule has 3 aromatic rings. The molecule has 2 N–H and O–H groups in total. The van der Waals surface area contributed by atoms with Gasteiger partial charge in [-0.15, -0.1) is 0 Å². The molecule has 106 valence electrons. The molecular formula is C16H16N4O. The number of para-hydroxylation sites is 1. The molecule has 1 saturated carbocycles. The molecule has 5 heteroatoms. The van der Waals surface area contributed by atoms with Crippen LogP contribution in [0.5, 0.6) is 0 Å². The van der Waals surface area contributed by atoms with Crippen molar-refractivity contribution in [2.75, 3.05) is 0 Å². The van der Waals surface area contributed by atoms with Crippen LogP contribution in [0.1, 0.15) is 25.2 Å². The van der Waals surface area contributed by atoms with Crippen LogP contribution >= 0.6 is 0 Å². The highest BCUT2D eigenvalue weighted by Gasteiger charge is 2.34. The van der Waals surface area contributed by atoms with E-state index in [1.807, 2.05) is 36.4 Å². The maximum atomic E-state index is 6.21. The van der Waals surface area contributed by atoms with Crippen LogP contribution in [0.15, 0.2) is 40.9 Å². The monoisotopic (exact) mass is 280 g/mol. The summed E-state index contributed by atoms with van der Waals surface area (Å²) < 4.78 is 5.32. The smallest absolute Gasteiger partial charge is 0.228 e. The van der Waals surface area contributed by atoms with Gasteiger partial charge in [0.05, 0.1) is 5.52 Å². The molecule has 1 aromatic carbocycles. The highest BCUT2D eigenvalue weighted by molar-refractivity contribution is 5.80. The maximum Gasteiger partial charge on any atom is 0.228 e. The van der Waals surface area contributed by atoms with Crippen molar-refractivity contribution in [2.24, 2.45) is 5.73 Å². The fourth-order valence-corrected chi connectivity index (χ4v) is 2.73. The van der Waals surface area contributed by atoms with Gasteiger partial charge >= 0.3 is 0 Å². The van der Waals surface area contributed by atoms with E-state index < -0.39 is 0 Å². The van der Waals surface area contributed by atoms with Crippen LogP contribution < -0.4 is 5.73 Å². The van der Waals surface area contributed by atoms with E-state index in [4.69, 9.17) is 10.3 Å². The lowest BCUT2D eigenvalue weighted by Gasteiger charge is -2.36. The number of hydrogen-bond acceptors (Lipinski definition) is 5. The van der Waals surface area contributed by atoms with Crippen LogP contribution in [-0.2, 0) is 6.42 Å². The van der Waals surface area contributed by atoms with E-state index in [-0.39, 0.29) is 5.54 Å². The molecule has 1 fully saturated rings. The second kappa shape index (κ2) is 4.63. The molecule has 5 nitrogen and oxygen atoms in total. The summed E-state index contributed by atoms with van der Waals surface area (Å²) in [4.78, 5) is 9.01. The lowest BCUT2D eigenvalue weighted by Crippen LogP contribution is -2.48. The first kappa shape index (κ1) is 12.5. The number of nitrogens with two attached hydrogens (primary N) is 1. The number of rotatable bonds is 3. The van der Waals surface area contributed by atoms with Crippen molar-refractivity contribution in [2.45, 2.75) is 31.2 Å². The molecule has 0 spiro atoms. The minimum absolute atomic E-state index is 0.152. The second-order valence-corrected chi connectivity index (χ2v) is 5.79. The third-order valence-electron chi connectivity index (χ3n) is 4.15. The molecule has 0 radical (unpaired) electrons. The second-order valence-electron chi connectivity index (χ2n) is 5.79. The number of benzene rings is 1. The standard InChI is InChI=1S/C16H16N4O/c17-16(8-3-9-16)10-14-19-15(20-21-14)13-7-6-11-4-1-2-5-12(11)18-13/h1-2,4-7H,3,8-10,17H2. The number of aromatic nitrogens is 3. The van der Waals surface area contributed by atoms with Crippen LogP contribution in [0.3, 0.4) is 0 Å². The summed E-state index contributed by atoms with van der Waals surface area (Å²) in [7, 11) is 0. The lowest BCUT2D eigenvalue weighted by molar-refractivity contribution is 0.222. The van der Waals surface area contributed by atoms with Gasteiger partial charge in [-0.25, -0.2) is 4.98 Å². The van der Waals surface area contributed by atoms with Crippen LogP contribution in [0.25, 0.3) is 22.4 Å². The Morgan fingerprint density at radius 1 is 1.10 bits per heavy atom. The minimum Gasteiger partial charge on any atom is -0.339 e. The molecule has 4 rings (SSSR count). The van der Waals surface area contributed by atoms with E-state index in [1.165, 1.54) is 6.42 Å². The summed E-state index contributed by atoms with van der Waals surface area (Å²) >= 11 is 0. The lowest BCUT2D eigenvalue weighted by atomic mass is 9.75. The zero-order chi connectivity index (χ0) is 14.3. The van der Waals surface area contributed by atoms with Gasteiger partial charge in [0.25, 0.3) is 0 Å². The first-order valence-electron chi connectivity index (χ1n) is 7.20. The van der Waals surface area contributed by atoms with E-state index in [1.54, 1.807) is 0 Å². The molecule has 0 unspecified atom stereocenters. The molecular weight excluding hydrogens is 264 g/mol. The van der Waals surface area contributed by atoms with Gasteiger partial charge in [-0.2, -0.15) is 4.98 Å². The fraction of sp³-hybridized carbons (Fsp3) is 0.312. The Labute approximate surface area is 122 Å². The summed E-state index contributed by atoms with van der Waals surface area (Å²) in [6, 6.07) is 11.9. The Morgan fingerprint density at radius 2 is 1.95 bits per heavy atom. The highest BCUT2D eigenvalue weighted by Crippen LogP contribution is 2.32. The van der Waals surface area contributed by atoms with E-state index in [9.17, 15) is 0 Å². The van der Waals surface area contributed by atoms with Crippen molar-refractivity contribution in [3.05, 3.63) is 42.3 Å². The van der Waals surface area contributed by atoms with Gasteiger partial charge in [-0.05, 0) is 31.4 Å². The van der Waals surface area contributed by atoms with Gasteiger partial charge in [0.1, 0.15) is 5.69 Å². The Hall–Kier alpha value is -2.27. The van der Waals surface area contributed by atoms with Gasteiger partial charge in [0.2, 0.25) is 11.7 Å². The van der Waals surface area contributed by atoms with Gasteiger partial charge in [-0.3, -0.25) is 0 Å². The van der Waals surface area contributed by atoms with E-state index in [2.05, 4.69) is 15.1 Å². The van der Waals surface area contributed by atoms with Crippen LogP contribution in [-0.4, -0.2) is 20.7 Å². The summed E-state index contributed by atoms with van der Waals surface area (Å²) in [6.45, 7) is 0. The number of hydrogen-bond donors (Lipinski definition) is 1. The van der Waals surface area contributed by atoms with Gasteiger partial charge in [0, 0.05) is 17.3 Å². The molecule has 0 saturated heterocycles. The molecule has 1 aliphatic carbocycles. The van der Waals surface area contributed by atoms with Crippen LogP contribution in [0.2, 0.25) is 0 Å². The summed E-state index contributed by atoms with van der Waals surface area (Å²) in [5.74, 6) is 1.13. The Balaban J connectivity index is 1.64. The van der Waals surface area contributed by atoms with Crippen LogP contribution in [0, 0.1) is 0 Å². The number of pyridine rings is 1. The molecule has 21 heavy (non-hydrogen) atoms. The zero-order valence-corrected chi connectivity index (χ0v) is 11.6. The largest absolute Gasteiger partial charge is 0.339 e. The first-order valence-corrected chi connectivity index (χ1v) is 7.20. The molecule has 0 atom stereocenters. The Kier molecular flexibility index (Phi) is 2.75. The average molecular weight is 280 g/mol. The van der Waals surface area contributed by atoms with Crippen molar-refractivity contribution in [3.63, 3.8) is 0 Å². The van der Waals surface area contributed by atoms with Crippen molar-refractivity contribution in [1.82, 2.24) is 15.1 Å². The topological polar surface area (TPSA) is 77.8 Å². The van der Waals surface area contributed by atoms with E-state index in [0.29, 0.717) is 18.1 Å². The van der Waals surface area contributed by atoms with Crippen molar-refractivity contribution < 1.29 is 4.52 Å². The highest BCUT2D eigenvalue weighted by atomic mass is 16.5. The summed E-state index contributed by atoms with van der Waals surface area (Å²) in [6.07, 6.45) is 3.88.